The number of rotatable bonds is 7. The Kier molecular flexibility index (Phi) is 8.15. The molecule has 2 aliphatic carbocycles. The van der Waals surface area contributed by atoms with E-state index in [9.17, 15) is 0 Å². The first-order chi connectivity index (χ1) is 26.8. The smallest absolute Gasteiger partial charge is 0.148 e. The predicted octanol–water partition coefficient (Wildman–Crippen LogP) is 13.6. The molecular weight excluding hydrogens is 655 g/mol. The number of nitrogens with zero attached hydrogens (tertiary/aromatic N) is 1. The van der Waals surface area contributed by atoms with Crippen molar-refractivity contribution in [2.75, 3.05) is 4.90 Å². The van der Waals surface area contributed by atoms with Crippen LogP contribution in [0.15, 0.2) is 206 Å². The summed E-state index contributed by atoms with van der Waals surface area (Å²) >= 11 is 0. The van der Waals surface area contributed by atoms with E-state index in [2.05, 4.69) is 205 Å². The lowest BCUT2D eigenvalue weighted by atomic mass is 9.78. The lowest BCUT2D eigenvalue weighted by Crippen LogP contribution is -2.19. The van der Waals surface area contributed by atoms with E-state index in [1.165, 1.54) is 66.9 Å². The predicted molar refractivity (Wildman–Crippen MR) is 224 cm³/mol. The third-order valence-corrected chi connectivity index (χ3v) is 11.2. The van der Waals surface area contributed by atoms with Crippen LogP contribution in [0.2, 0.25) is 0 Å². The minimum absolute atomic E-state index is 0.0553. The highest BCUT2D eigenvalue weighted by Crippen LogP contribution is 2.58. The minimum Gasteiger partial charge on any atom is -0.482 e. The van der Waals surface area contributed by atoms with Crippen LogP contribution in [0.4, 0.5) is 11.4 Å². The van der Waals surface area contributed by atoms with Gasteiger partial charge in [-0.1, -0.05) is 170 Å². The first-order valence-electron chi connectivity index (χ1n) is 19.0. The first kappa shape index (κ1) is 32.0. The molecule has 0 saturated carbocycles. The molecule has 0 saturated heterocycles. The van der Waals surface area contributed by atoms with Gasteiger partial charge in [0.2, 0.25) is 0 Å². The summed E-state index contributed by atoms with van der Waals surface area (Å²) in [5.74, 6) is 1.01. The molecule has 0 fully saturated rings. The molecule has 2 heteroatoms. The fourth-order valence-corrected chi connectivity index (χ4v) is 8.50. The standard InChI is InChI=1S/C52H39NO/c1-5-15-36(16-6-1)39-25-29-43(30-26-39)53(44-31-27-40(28-32-44)37-17-7-2-8-18-37)50-34-42(38-19-9-3-10-20-38)33-48-49-35-47(41-21-11-4-12-22-41)45-23-13-14-24-46(45)51(49)54-52(48)50/h1-27,29-31,33-35,49,51H,28,32H2. The van der Waals surface area contributed by atoms with Crippen LogP contribution in [0.1, 0.15) is 52.7 Å². The van der Waals surface area contributed by atoms with Gasteiger partial charge in [-0.05, 0) is 93.3 Å². The second-order valence-electron chi connectivity index (χ2n) is 14.3. The van der Waals surface area contributed by atoms with Crippen LogP contribution in [0.3, 0.4) is 0 Å². The highest BCUT2D eigenvalue weighted by atomic mass is 16.5. The van der Waals surface area contributed by atoms with Crippen molar-refractivity contribution < 1.29 is 4.74 Å². The summed E-state index contributed by atoms with van der Waals surface area (Å²) in [6.07, 6.45) is 8.83. The van der Waals surface area contributed by atoms with Crippen LogP contribution in [0, 0.1) is 0 Å². The Labute approximate surface area is 317 Å². The average molecular weight is 694 g/mol. The van der Waals surface area contributed by atoms with Crippen LogP contribution >= 0.6 is 0 Å². The van der Waals surface area contributed by atoms with Gasteiger partial charge in [-0.2, -0.15) is 0 Å². The molecule has 0 N–H and O–H groups in total. The number of fused-ring (bicyclic) bond motifs is 5. The lowest BCUT2D eigenvalue weighted by Gasteiger charge is -2.32. The van der Waals surface area contributed by atoms with Gasteiger partial charge in [0.15, 0.2) is 0 Å². The summed E-state index contributed by atoms with van der Waals surface area (Å²) in [4.78, 5) is 2.46. The van der Waals surface area contributed by atoms with Crippen LogP contribution in [0.25, 0.3) is 33.4 Å². The summed E-state index contributed by atoms with van der Waals surface area (Å²) < 4.78 is 7.29. The Morgan fingerprint density at radius 2 is 1.04 bits per heavy atom. The van der Waals surface area contributed by atoms with Gasteiger partial charge in [-0.3, -0.25) is 0 Å². The largest absolute Gasteiger partial charge is 0.482 e. The van der Waals surface area contributed by atoms with Crippen molar-refractivity contribution in [3.63, 3.8) is 0 Å². The van der Waals surface area contributed by atoms with E-state index < -0.39 is 0 Å². The lowest BCUT2D eigenvalue weighted by molar-refractivity contribution is 0.223. The molecule has 1 aliphatic heterocycles. The normalized spacial score (nSPS) is 16.9. The highest BCUT2D eigenvalue weighted by molar-refractivity contribution is 5.88. The molecule has 0 bridgehead atoms. The number of benzene rings is 7. The van der Waals surface area contributed by atoms with Crippen LogP contribution in [-0.4, -0.2) is 0 Å². The Bertz CT molecular complexity index is 2550. The number of hydrogen-bond acceptors (Lipinski definition) is 2. The number of anilines is 2. The van der Waals surface area contributed by atoms with E-state index in [1.807, 2.05) is 0 Å². The zero-order chi connectivity index (χ0) is 35.8. The minimum atomic E-state index is -0.124. The van der Waals surface area contributed by atoms with Crippen LogP contribution in [0.5, 0.6) is 5.75 Å². The Morgan fingerprint density at radius 1 is 0.463 bits per heavy atom. The van der Waals surface area contributed by atoms with Crippen molar-refractivity contribution in [1.82, 2.24) is 0 Å². The van der Waals surface area contributed by atoms with Crippen molar-refractivity contribution in [3.05, 3.63) is 234 Å². The summed E-state index contributed by atoms with van der Waals surface area (Å²) in [5, 5.41) is 0. The Morgan fingerprint density at radius 3 is 1.69 bits per heavy atom. The molecule has 3 aliphatic rings. The molecular formula is C52H39NO. The van der Waals surface area contributed by atoms with Crippen molar-refractivity contribution in [2.24, 2.45) is 0 Å². The van der Waals surface area contributed by atoms with Gasteiger partial charge in [0.25, 0.3) is 0 Å². The van der Waals surface area contributed by atoms with Crippen molar-refractivity contribution >= 4 is 22.5 Å². The topological polar surface area (TPSA) is 12.5 Å². The molecule has 7 aromatic rings. The monoisotopic (exact) mass is 693 g/mol. The van der Waals surface area contributed by atoms with E-state index in [0.29, 0.717) is 0 Å². The Hall–Kier alpha value is -6.64. The van der Waals surface area contributed by atoms with Gasteiger partial charge in [-0.15, -0.1) is 0 Å². The van der Waals surface area contributed by atoms with Gasteiger partial charge in [0.1, 0.15) is 11.9 Å². The van der Waals surface area contributed by atoms with Crippen molar-refractivity contribution in [3.8, 4) is 28.0 Å². The van der Waals surface area contributed by atoms with E-state index in [1.54, 1.807) is 0 Å². The molecule has 0 amide bonds. The second kappa shape index (κ2) is 13.7. The van der Waals surface area contributed by atoms with Crippen LogP contribution in [-0.2, 0) is 0 Å². The number of hydrogen-bond donors (Lipinski definition) is 0. The fourth-order valence-electron chi connectivity index (χ4n) is 8.50. The molecule has 10 rings (SSSR count). The van der Waals surface area contributed by atoms with Crippen LogP contribution < -0.4 is 9.64 Å². The molecule has 258 valence electrons. The van der Waals surface area contributed by atoms with E-state index in [0.717, 1.165) is 30.0 Å². The van der Waals surface area contributed by atoms with Gasteiger partial charge in [-0.25, -0.2) is 0 Å². The van der Waals surface area contributed by atoms with E-state index in [4.69, 9.17) is 4.74 Å². The molecule has 2 nitrogen and oxygen atoms in total. The van der Waals surface area contributed by atoms with E-state index in [-0.39, 0.29) is 12.0 Å². The molecule has 2 atom stereocenters. The maximum absolute atomic E-state index is 7.29. The maximum atomic E-state index is 7.29. The summed E-state index contributed by atoms with van der Waals surface area (Å²) in [6, 6.07) is 65.5. The third-order valence-electron chi connectivity index (χ3n) is 11.2. The fraction of sp³-hybridized carbons (Fsp3) is 0.0769. The summed E-state index contributed by atoms with van der Waals surface area (Å²) in [7, 11) is 0. The van der Waals surface area contributed by atoms with Crippen molar-refractivity contribution in [1.29, 1.82) is 0 Å². The van der Waals surface area contributed by atoms with E-state index >= 15 is 0 Å². The zero-order valence-electron chi connectivity index (χ0n) is 30.0. The molecule has 54 heavy (non-hydrogen) atoms. The average Bonchev–Trinajstić information content (AvgIpc) is 3.64. The quantitative estimate of drug-likeness (QED) is 0.165. The van der Waals surface area contributed by atoms with Gasteiger partial charge < -0.3 is 9.64 Å². The molecule has 0 radical (unpaired) electrons. The molecule has 2 unspecified atom stereocenters. The maximum Gasteiger partial charge on any atom is 0.148 e. The van der Waals surface area contributed by atoms with Gasteiger partial charge in [0.05, 0.1) is 5.69 Å². The number of allylic oxidation sites excluding steroid dienone is 4. The molecule has 0 spiro atoms. The molecule has 0 aromatic heterocycles. The first-order valence-corrected chi connectivity index (χ1v) is 19.0. The third kappa shape index (κ3) is 5.77. The highest BCUT2D eigenvalue weighted by Gasteiger charge is 2.42. The molecule has 7 aromatic carbocycles. The number of ether oxygens (including phenoxy) is 1. The summed E-state index contributed by atoms with van der Waals surface area (Å²) in [6.45, 7) is 0. The van der Waals surface area contributed by atoms with Gasteiger partial charge >= 0.3 is 0 Å². The zero-order valence-corrected chi connectivity index (χ0v) is 30.0. The molecule has 1 heterocycles. The van der Waals surface area contributed by atoms with Gasteiger partial charge in [0, 0.05) is 28.4 Å². The SMILES string of the molecule is C1=C(c2ccccc2)CCC(N(c2ccc(-c3ccccc3)cc2)c2cc(-c3ccccc3)cc3c2OC2c4ccccc4C(c4ccccc4)=CC32)=C1. The summed E-state index contributed by atoms with van der Waals surface area (Å²) in [5.41, 5.74) is 17.0. The Balaban J connectivity index is 1.18. The van der Waals surface area contributed by atoms with Crippen molar-refractivity contribution in [2.45, 2.75) is 24.9 Å². The second-order valence-corrected chi connectivity index (χ2v) is 14.3.